The van der Waals surface area contributed by atoms with Gasteiger partial charge < -0.3 is 11.5 Å². The highest BCUT2D eigenvalue weighted by atomic mass is 32.1. The van der Waals surface area contributed by atoms with E-state index in [0.29, 0.717) is 11.7 Å². The first-order valence-electron chi connectivity index (χ1n) is 10.6. The lowest BCUT2D eigenvalue weighted by molar-refractivity contribution is 0.834. The van der Waals surface area contributed by atoms with Gasteiger partial charge in [-0.1, -0.05) is 24.3 Å². The molecule has 0 aliphatic carbocycles. The number of hydrogen-bond acceptors (Lipinski definition) is 5. The van der Waals surface area contributed by atoms with Crippen molar-refractivity contribution in [1.29, 1.82) is 0 Å². The summed E-state index contributed by atoms with van der Waals surface area (Å²) < 4.78 is 1.10. The minimum Gasteiger partial charge on any atom is -0.383 e. The first kappa shape index (κ1) is 22.2. The van der Waals surface area contributed by atoms with E-state index < -0.39 is 0 Å². The number of nitrogens with zero attached hydrogens (tertiary/aromatic N) is 3. The van der Waals surface area contributed by atoms with Crippen molar-refractivity contribution in [3.8, 4) is 21.0 Å². The molecule has 4 rings (SSSR count). The summed E-state index contributed by atoms with van der Waals surface area (Å²) in [4.78, 5) is 15.9. The van der Waals surface area contributed by atoms with Gasteiger partial charge >= 0.3 is 0 Å². The average Bonchev–Trinajstić information content (AvgIpc) is 3.40. The minimum atomic E-state index is 0.166. The molecule has 0 radical (unpaired) electrons. The molecule has 0 atom stereocenters. The number of hydrogen-bond donors (Lipinski definition) is 2. The van der Waals surface area contributed by atoms with Crippen LogP contribution in [-0.2, 0) is 0 Å². The van der Waals surface area contributed by atoms with Crippen molar-refractivity contribution in [2.45, 2.75) is 39.8 Å². The molecule has 0 bridgehead atoms. The molecule has 0 saturated carbocycles. The zero-order valence-corrected chi connectivity index (χ0v) is 20.3. The molecule has 0 aliphatic rings. The quantitative estimate of drug-likeness (QED) is 0.276. The van der Waals surface area contributed by atoms with E-state index in [2.05, 4.69) is 46.4 Å². The van der Waals surface area contributed by atoms with Gasteiger partial charge in [0, 0.05) is 28.1 Å². The monoisotopic (exact) mass is 461 g/mol. The second-order valence-corrected chi connectivity index (χ2v) is 10.3. The highest BCUT2D eigenvalue weighted by Gasteiger charge is 2.11. The van der Waals surface area contributed by atoms with Gasteiger partial charge in [0.1, 0.15) is 16.7 Å². The Labute approximate surface area is 196 Å². The predicted octanol–water partition coefficient (Wildman–Crippen LogP) is 5.92. The number of amidine groups is 2. The van der Waals surface area contributed by atoms with Crippen LogP contribution < -0.4 is 11.5 Å². The van der Waals surface area contributed by atoms with Crippen LogP contribution in [0.15, 0.2) is 64.6 Å². The Morgan fingerprint density at radius 2 is 1.44 bits per heavy atom. The van der Waals surface area contributed by atoms with Gasteiger partial charge in [-0.15, -0.1) is 22.7 Å². The fourth-order valence-electron chi connectivity index (χ4n) is 3.31. The maximum absolute atomic E-state index is 6.14. The number of aliphatic imine (C=N–C) groups is 2. The van der Waals surface area contributed by atoms with Gasteiger partial charge in [-0.05, 0) is 63.6 Å². The van der Waals surface area contributed by atoms with Crippen molar-refractivity contribution >= 4 is 44.6 Å². The largest absolute Gasteiger partial charge is 0.383 e. The van der Waals surface area contributed by atoms with E-state index in [-0.39, 0.29) is 12.1 Å². The number of aromatic nitrogens is 1. The summed E-state index contributed by atoms with van der Waals surface area (Å²) in [6.45, 7) is 8.09. The highest BCUT2D eigenvalue weighted by Crippen LogP contribution is 2.33. The standard InChI is InChI=1S/C25H27N5S2/c1-14(2)28-23(26)18-9-10-19-22(13-18)32-25(30-19)17-7-5-16(6-8-17)20-11-12-21(31-20)24(27)29-15(3)4/h5-15H,1-4H3,(H2,26,28)(H2,27,29). The third-order valence-corrected chi connectivity index (χ3v) is 6.98. The van der Waals surface area contributed by atoms with Crippen LogP contribution >= 0.6 is 22.7 Å². The zero-order chi connectivity index (χ0) is 22.8. The average molecular weight is 462 g/mol. The smallest absolute Gasteiger partial charge is 0.136 e. The normalized spacial score (nSPS) is 12.9. The van der Waals surface area contributed by atoms with Crippen molar-refractivity contribution in [3.63, 3.8) is 0 Å². The van der Waals surface area contributed by atoms with Crippen LogP contribution in [0.3, 0.4) is 0 Å². The molecule has 0 saturated heterocycles. The number of rotatable bonds is 6. The van der Waals surface area contributed by atoms with Gasteiger partial charge in [0.15, 0.2) is 0 Å². The molecule has 7 heteroatoms. The van der Waals surface area contributed by atoms with Gasteiger partial charge in [0.25, 0.3) is 0 Å². The zero-order valence-electron chi connectivity index (χ0n) is 18.7. The molecule has 0 spiro atoms. The number of thiophene rings is 1. The Morgan fingerprint density at radius 3 is 2.12 bits per heavy atom. The van der Waals surface area contributed by atoms with Crippen LogP contribution in [0.2, 0.25) is 0 Å². The molecule has 2 aromatic heterocycles. The van der Waals surface area contributed by atoms with Crippen LogP contribution in [-0.4, -0.2) is 28.7 Å². The summed E-state index contributed by atoms with van der Waals surface area (Å²) >= 11 is 3.32. The van der Waals surface area contributed by atoms with Crippen molar-refractivity contribution < 1.29 is 0 Å². The molecular weight excluding hydrogens is 434 g/mol. The third-order valence-electron chi connectivity index (χ3n) is 4.75. The first-order valence-corrected chi connectivity index (χ1v) is 12.2. The first-order chi connectivity index (χ1) is 15.3. The Balaban J connectivity index is 1.58. The third kappa shape index (κ3) is 4.89. The second-order valence-electron chi connectivity index (χ2n) is 8.16. The molecular formula is C25H27N5S2. The molecule has 0 unspecified atom stereocenters. The van der Waals surface area contributed by atoms with E-state index in [9.17, 15) is 0 Å². The molecule has 4 aromatic rings. The minimum absolute atomic E-state index is 0.166. The fraction of sp³-hybridized carbons (Fsp3) is 0.240. The SMILES string of the molecule is CC(C)N=C(N)c1ccc2nc(-c3ccc(-c4ccc(C(N)=NC(C)C)s4)cc3)sc2c1. The summed E-state index contributed by atoms with van der Waals surface area (Å²) in [7, 11) is 0. The second kappa shape index (κ2) is 9.22. The summed E-state index contributed by atoms with van der Waals surface area (Å²) in [6.07, 6.45) is 0. The summed E-state index contributed by atoms with van der Waals surface area (Å²) in [5.41, 5.74) is 16.4. The van der Waals surface area contributed by atoms with Crippen LogP contribution in [0.1, 0.15) is 38.1 Å². The maximum atomic E-state index is 6.14. The Hall–Kier alpha value is -3.03. The van der Waals surface area contributed by atoms with Gasteiger partial charge in [-0.3, -0.25) is 9.98 Å². The lowest BCUT2D eigenvalue weighted by Gasteiger charge is -2.02. The number of benzene rings is 2. The van der Waals surface area contributed by atoms with Crippen molar-refractivity contribution in [1.82, 2.24) is 4.98 Å². The molecule has 2 aromatic carbocycles. The van der Waals surface area contributed by atoms with Crippen molar-refractivity contribution in [3.05, 3.63) is 65.0 Å². The topological polar surface area (TPSA) is 89.6 Å². The summed E-state index contributed by atoms with van der Waals surface area (Å²) in [5.74, 6) is 1.16. The van der Waals surface area contributed by atoms with Gasteiger partial charge in [0.05, 0.1) is 15.1 Å². The number of thiazole rings is 1. The Morgan fingerprint density at radius 1 is 0.781 bits per heavy atom. The van der Waals surface area contributed by atoms with Crippen LogP contribution in [0, 0.1) is 0 Å². The van der Waals surface area contributed by atoms with E-state index in [0.717, 1.165) is 36.8 Å². The van der Waals surface area contributed by atoms with E-state index >= 15 is 0 Å². The lowest BCUT2D eigenvalue weighted by atomic mass is 10.1. The maximum Gasteiger partial charge on any atom is 0.136 e. The number of nitrogens with two attached hydrogens (primary N) is 2. The lowest BCUT2D eigenvalue weighted by Crippen LogP contribution is -2.15. The molecule has 0 amide bonds. The molecule has 4 N–H and O–H groups in total. The molecule has 5 nitrogen and oxygen atoms in total. The van der Waals surface area contributed by atoms with Crippen molar-refractivity contribution in [2.75, 3.05) is 0 Å². The summed E-state index contributed by atoms with van der Waals surface area (Å²) in [5, 5.41) is 0.989. The summed E-state index contributed by atoms with van der Waals surface area (Å²) in [6, 6.07) is 19.1. The van der Waals surface area contributed by atoms with Crippen LogP contribution in [0.25, 0.3) is 31.2 Å². The molecule has 2 heterocycles. The molecule has 164 valence electrons. The van der Waals surface area contributed by atoms with Gasteiger partial charge in [-0.25, -0.2) is 4.98 Å². The highest BCUT2D eigenvalue weighted by molar-refractivity contribution is 7.21. The Bertz CT molecular complexity index is 1290. The van der Waals surface area contributed by atoms with E-state index in [1.54, 1.807) is 22.7 Å². The predicted molar refractivity (Wildman–Crippen MR) is 140 cm³/mol. The number of fused-ring (bicyclic) bond motifs is 1. The molecule has 0 fully saturated rings. The fourth-order valence-corrected chi connectivity index (χ4v) is 5.24. The van der Waals surface area contributed by atoms with Crippen LogP contribution in [0.5, 0.6) is 0 Å². The van der Waals surface area contributed by atoms with Gasteiger partial charge in [-0.2, -0.15) is 0 Å². The Kier molecular flexibility index (Phi) is 6.39. The van der Waals surface area contributed by atoms with Crippen molar-refractivity contribution in [2.24, 2.45) is 21.5 Å². The molecule has 32 heavy (non-hydrogen) atoms. The van der Waals surface area contributed by atoms with E-state index in [1.807, 2.05) is 45.9 Å². The van der Waals surface area contributed by atoms with Crippen LogP contribution in [0.4, 0.5) is 0 Å². The van der Waals surface area contributed by atoms with E-state index in [4.69, 9.17) is 16.5 Å². The molecule has 0 aliphatic heterocycles. The van der Waals surface area contributed by atoms with Gasteiger partial charge in [0.2, 0.25) is 0 Å². The van der Waals surface area contributed by atoms with E-state index in [1.165, 1.54) is 4.88 Å².